The summed E-state index contributed by atoms with van der Waals surface area (Å²) in [7, 11) is 0. The fourth-order valence-electron chi connectivity index (χ4n) is 7.65. The number of alkyl halides is 3. The third-order valence-corrected chi connectivity index (χ3v) is 12.0. The molecule has 296 valence electrons. The highest BCUT2D eigenvalue weighted by atomic mass is 32.1. The first-order valence-electron chi connectivity index (χ1n) is 18.8. The molecule has 1 saturated heterocycles. The zero-order valence-corrected chi connectivity index (χ0v) is 32.2. The van der Waals surface area contributed by atoms with Gasteiger partial charge in [-0.1, -0.05) is 56.4 Å². The molecule has 0 spiro atoms. The van der Waals surface area contributed by atoms with Crippen molar-refractivity contribution < 1.29 is 32.7 Å². The number of amides is 2. The van der Waals surface area contributed by atoms with Gasteiger partial charge in [-0.3, -0.25) is 9.59 Å². The molecule has 1 aliphatic heterocycles. The molecule has 55 heavy (non-hydrogen) atoms. The number of thiazole rings is 1. The lowest BCUT2D eigenvalue weighted by Crippen LogP contribution is -2.43. The molecular weight excluding hydrogens is 736 g/mol. The number of hydrogen-bond acceptors (Lipinski definition) is 11. The van der Waals surface area contributed by atoms with Gasteiger partial charge in [-0.05, 0) is 111 Å². The number of fused-ring (bicyclic) bond motifs is 2. The second-order valence-corrected chi connectivity index (χ2v) is 17.1. The molecule has 2 fully saturated rings. The Morgan fingerprint density at radius 3 is 2.42 bits per heavy atom. The van der Waals surface area contributed by atoms with Crippen LogP contribution in [0.1, 0.15) is 121 Å². The van der Waals surface area contributed by atoms with Crippen LogP contribution in [-0.2, 0) is 17.6 Å². The number of carbonyl (C=O) groups excluding carboxylic acids is 3. The van der Waals surface area contributed by atoms with E-state index in [-0.39, 0.29) is 29.3 Å². The highest BCUT2D eigenvalue weighted by Gasteiger charge is 2.32. The first-order chi connectivity index (χ1) is 26.0. The summed E-state index contributed by atoms with van der Waals surface area (Å²) in [4.78, 5) is 48.8. The Labute approximate surface area is 321 Å². The minimum Gasteiger partial charge on any atom is -0.542 e. The maximum Gasteiger partial charge on any atom is 0.430 e. The Morgan fingerprint density at radius 2 is 1.78 bits per heavy atom. The number of carbonyl (C=O) groups is 3. The number of aromatic nitrogens is 6. The van der Waals surface area contributed by atoms with E-state index in [9.17, 15) is 22.8 Å². The van der Waals surface area contributed by atoms with Gasteiger partial charge in [-0.25, -0.2) is 9.97 Å². The number of aromatic amines is 1. The first-order valence-corrected chi connectivity index (χ1v) is 19.6. The van der Waals surface area contributed by atoms with Gasteiger partial charge in [-0.15, -0.1) is 10.2 Å². The van der Waals surface area contributed by atoms with E-state index >= 15 is 0 Å². The number of pyridine rings is 1. The van der Waals surface area contributed by atoms with E-state index in [1.54, 1.807) is 0 Å². The highest BCUT2D eigenvalue weighted by Crippen LogP contribution is 2.38. The maximum absolute atomic E-state index is 13.9. The molecule has 2 atom stereocenters. The molecule has 7 rings (SSSR count). The van der Waals surface area contributed by atoms with Crippen molar-refractivity contribution in [1.82, 2.24) is 46.1 Å². The van der Waals surface area contributed by atoms with Crippen molar-refractivity contribution >= 4 is 39.5 Å². The number of nitrogens with zero attached hydrogens (tertiary/aromatic N) is 6. The summed E-state index contributed by atoms with van der Waals surface area (Å²) in [5.74, 6) is -0.922. The minimum atomic E-state index is -5.19. The fourth-order valence-corrected chi connectivity index (χ4v) is 8.49. The van der Waals surface area contributed by atoms with Crippen LogP contribution < -0.4 is 15.7 Å². The van der Waals surface area contributed by atoms with E-state index in [4.69, 9.17) is 19.9 Å². The largest absolute Gasteiger partial charge is 0.542 e. The van der Waals surface area contributed by atoms with Crippen molar-refractivity contribution in [2.24, 2.45) is 17.3 Å². The number of aryl methyl sites for hydroxylation is 1. The van der Waals surface area contributed by atoms with Crippen LogP contribution in [0.5, 0.6) is 0 Å². The molecule has 1 aromatic carbocycles. The monoisotopic (exact) mass is 782 g/mol. The van der Waals surface area contributed by atoms with E-state index in [0.29, 0.717) is 34.7 Å². The summed E-state index contributed by atoms with van der Waals surface area (Å²) in [6, 6.07) is 9.82. The molecule has 0 unspecified atom stereocenters. The third-order valence-electron chi connectivity index (χ3n) is 11.0. The van der Waals surface area contributed by atoms with Crippen LogP contribution in [0.15, 0.2) is 30.3 Å². The van der Waals surface area contributed by atoms with Crippen LogP contribution in [0, 0.1) is 17.3 Å². The SMILES string of the molecule is CC1CC(NC(=O)c2cccc([C@@H](CCN3CCC(c4nn[nH]n4)CC3)NC(=O)c3nc4cc5c(nc4s3)CC[C@H](C(C)(C)C)C5)c2)C1.O=C([O-])C(F)(F)F. The molecule has 13 nitrogen and oxygen atoms in total. The Hall–Kier alpha value is -4.51. The van der Waals surface area contributed by atoms with Crippen molar-refractivity contribution in [3.05, 3.63) is 63.5 Å². The van der Waals surface area contributed by atoms with Gasteiger partial charge in [-0.2, -0.15) is 18.4 Å². The Bertz CT molecular complexity index is 1970. The summed E-state index contributed by atoms with van der Waals surface area (Å²) in [5.41, 5.74) is 4.98. The van der Waals surface area contributed by atoms with Crippen molar-refractivity contribution in [2.45, 2.75) is 103 Å². The lowest BCUT2D eigenvalue weighted by Gasteiger charge is -2.34. The second-order valence-electron chi connectivity index (χ2n) is 16.1. The van der Waals surface area contributed by atoms with Crippen molar-refractivity contribution in [2.75, 3.05) is 19.6 Å². The Morgan fingerprint density at radius 1 is 1.05 bits per heavy atom. The summed E-state index contributed by atoms with van der Waals surface area (Å²) < 4.78 is 31.5. The quantitative estimate of drug-likeness (QED) is 0.211. The molecule has 4 heterocycles. The lowest BCUT2D eigenvalue weighted by atomic mass is 9.71. The number of H-pyrrole nitrogens is 1. The topological polar surface area (TPSA) is 182 Å². The molecule has 0 radical (unpaired) electrons. The van der Waals surface area contributed by atoms with Crippen LogP contribution in [0.25, 0.3) is 10.3 Å². The predicted octanol–water partition coefficient (Wildman–Crippen LogP) is 4.92. The third kappa shape index (κ3) is 10.2. The van der Waals surface area contributed by atoms with Crippen molar-refractivity contribution in [1.29, 1.82) is 0 Å². The smallest absolute Gasteiger partial charge is 0.430 e. The number of benzene rings is 1. The number of piperidine rings is 1. The number of carboxylic acid groups (broad SMARTS) is 1. The number of hydrogen-bond donors (Lipinski definition) is 3. The standard InChI is InChI=1S/C36H47N9O2S.C2HF3O2/c1-21-16-27(17-21)37-32(46)24-7-5-6-23(18-24)29(12-15-45-13-10-22(11-14-45)31-41-43-44-42-31)38-33(47)35-40-30-20-25-19-26(36(2,3)4)8-9-28(25)39-34(30)48-35;3-2(4,5)1(6)7/h5-7,18,20-22,26-27,29H,8-17,19H2,1-4H3,(H,37,46)(H,38,47)(H,41,42,43,44);(H,6,7)/p-1/t21?,26-,27?,29+;/m0./s1. The first kappa shape index (κ1) is 40.2. The summed E-state index contributed by atoms with van der Waals surface area (Å²) in [6.45, 7) is 11.8. The van der Waals surface area contributed by atoms with Gasteiger partial charge in [0.25, 0.3) is 11.8 Å². The van der Waals surface area contributed by atoms with Crippen LogP contribution >= 0.6 is 11.3 Å². The van der Waals surface area contributed by atoms with Gasteiger partial charge in [0.2, 0.25) is 0 Å². The predicted molar refractivity (Wildman–Crippen MR) is 197 cm³/mol. The van der Waals surface area contributed by atoms with Gasteiger partial charge in [0.15, 0.2) is 10.8 Å². The molecule has 3 N–H and O–H groups in total. The molecule has 0 bridgehead atoms. The van der Waals surface area contributed by atoms with Gasteiger partial charge in [0.05, 0.1) is 6.04 Å². The lowest BCUT2D eigenvalue weighted by molar-refractivity contribution is -0.344. The van der Waals surface area contributed by atoms with E-state index in [0.717, 1.165) is 92.0 Å². The average molecular weight is 783 g/mol. The Balaban J connectivity index is 0.000000672. The summed E-state index contributed by atoms with van der Waals surface area (Å²) in [6.07, 6.45) is 2.57. The van der Waals surface area contributed by atoms with Crippen LogP contribution in [-0.4, -0.2) is 85.1 Å². The molecule has 2 aliphatic carbocycles. The second kappa shape index (κ2) is 16.7. The van der Waals surface area contributed by atoms with E-state index in [1.807, 2.05) is 24.3 Å². The summed E-state index contributed by atoms with van der Waals surface area (Å²) in [5, 5.41) is 30.4. The minimum absolute atomic E-state index is 0.0581. The highest BCUT2D eigenvalue weighted by molar-refractivity contribution is 7.19. The number of likely N-dealkylation sites (tertiary alicyclic amines) is 1. The number of halogens is 3. The maximum atomic E-state index is 13.9. The molecular formula is C38H47F3N9O4S-. The molecule has 3 aromatic heterocycles. The molecule has 3 aliphatic rings. The van der Waals surface area contributed by atoms with Crippen LogP contribution in [0.4, 0.5) is 13.2 Å². The van der Waals surface area contributed by atoms with Crippen LogP contribution in [0.2, 0.25) is 0 Å². The molecule has 1 saturated carbocycles. The van der Waals surface area contributed by atoms with E-state index in [1.165, 1.54) is 16.9 Å². The van der Waals surface area contributed by atoms with Crippen molar-refractivity contribution in [3.8, 4) is 0 Å². The Kier molecular flexibility index (Phi) is 12.2. The van der Waals surface area contributed by atoms with Crippen LogP contribution in [0.3, 0.4) is 0 Å². The van der Waals surface area contributed by atoms with E-state index < -0.39 is 12.1 Å². The zero-order valence-electron chi connectivity index (χ0n) is 31.4. The van der Waals surface area contributed by atoms with Gasteiger partial charge < -0.3 is 25.4 Å². The average Bonchev–Trinajstić information content (AvgIpc) is 3.82. The number of aliphatic carboxylic acids is 1. The zero-order chi connectivity index (χ0) is 39.5. The van der Waals surface area contributed by atoms with E-state index in [2.05, 4.69) is 69.9 Å². The molecule has 4 aromatic rings. The van der Waals surface area contributed by atoms with Gasteiger partial charge >= 0.3 is 6.18 Å². The van der Waals surface area contributed by atoms with Gasteiger partial charge in [0.1, 0.15) is 16.3 Å². The fraction of sp³-hybridized carbons (Fsp3) is 0.579. The number of tetrazole rings is 1. The summed E-state index contributed by atoms with van der Waals surface area (Å²) >= 11 is 1.36. The van der Waals surface area contributed by atoms with Gasteiger partial charge in [0, 0.05) is 29.8 Å². The number of nitrogens with one attached hydrogen (secondary N) is 3. The van der Waals surface area contributed by atoms with Crippen molar-refractivity contribution in [3.63, 3.8) is 0 Å². The molecule has 17 heteroatoms. The molecule has 2 amide bonds. The number of rotatable bonds is 9. The number of carboxylic acids is 1. The normalized spacial score (nSPS) is 21.1.